The van der Waals surface area contributed by atoms with Crippen molar-refractivity contribution in [1.29, 1.82) is 0 Å². The zero-order valence-corrected chi connectivity index (χ0v) is 13.7. The van der Waals surface area contributed by atoms with E-state index < -0.39 is 0 Å². The van der Waals surface area contributed by atoms with Gasteiger partial charge in [0.2, 0.25) is 11.8 Å². The zero-order chi connectivity index (χ0) is 15.4. The van der Waals surface area contributed by atoms with Gasteiger partial charge in [0.25, 0.3) is 0 Å². The maximum Gasteiger partial charge on any atom is 0.246 e. The number of nitrogens with one attached hydrogen (secondary N) is 1. The molecule has 0 spiro atoms. The van der Waals surface area contributed by atoms with Crippen LogP contribution in [0.3, 0.4) is 0 Å². The molecule has 1 N–H and O–H groups in total. The van der Waals surface area contributed by atoms with Crippen LogP contribution in [0.15, 0.2) is 0 Å². The van der Waals surface area contributed by atoms with Crippen LogP contribution in [-0.4, -0.2) is 34.8 Å². The predicted octanol–water partition coefficient (Wildman–Crippen LogP) is 2.86. The van der Waals surface area contributed by atoms with Gasteiger partial charge in [-0.3, -0.25) is 9.59 Å². The van der Waals surface area contributed by atoms with E-state index in [9.17, 15) is 9.59 Å². The third-order valence-corrected chi connectivity index (χ3v) is 4.84. The second-order valence-corrected chi connectivity index (χ2v) is 6.58. The van der Waals surface area contributed by atoms with Gasteiger partial charge in [0, 0.05) is 6.04 Å². The lowest BCUT2D eigenvalue weighted by molar-refractivity contribution is -0.153. The molecule has 0 aromatic carbocycles. The summed E-state index contributed by atoms with van der Waals surface area (Å²) in [6, 6.07) is -0.276. The summed E-state index contributed by atoms with van der Waals surface area (Å²) in [6.45, 7) is 6.34. The fourth-order valence-electron chi connectivity index (χ4n) is 3.51. The highest BCUT2D eigenvalue weighted by molar-refractivity contribution is 5.97. The molecule has 0 aromatic rings. The van der Waals surface area contributed by atoms with Gasteiger partial charge in [-0.15, -0.1) is 0 Å². The Morgan fingerprint density at radius 2 is 1.86 bits per heavy atom. The van der Waals surface area contributed by atoms with Crippen molar-refractivity contribution in [3.8, 4) is 0 Å². The number of hydrogen-bond donors (Lipinski definition) is 1. The molecule has 3 atom stereocenters. The molecule has 4 nitrogen and oxygen atoms in total. The second kappa shape index (κ2) is 7.28. The van der Waals surface area contributed by atoms with E-state index in [1.165, 1.54) is 0 Å². The third kappa shape index (κ3) is 3.58. The quantitative estimate of drug-likeness (QED) is 0.748. The molecular formula is C17H30N2O2. The molecule has 2 fully saturated rings. The molecule has 1 saturated carbocycles. The fraction of sp³-hybridized carbons (Fsp3) is 0.882. The van der Waals surface area contributed by atoms with Crippen molar-refractivity contribution in [1.82, 2.24) is 10.2 Å². The molecule has 0 bridgehead atoms. The molecule has 4 heteroatoms. The predicted molar refractivity (Wildman–Crippen MR) is 83.8 cm³/mol. The molecular weight excluding hydrogens is 264 g/mol. The Bertz CT molecular complexity index is 379. The number of nitrogens with zero attached hydrogens (tertiary/aromatic N) is 1. The van der Waals surface area contributed by atoms with Crippen LogP contribution >= 0.6 is 0 Å². The van der Waals surface area contributed by atoms with E-state index >= 15 is 0 Å². The number of hydrogen-bond acceptors (Lipinski definition) is 2. The van der Waals surface area contributed by atoms with Gasteiger partial charge in [0.05, 0.1) is 0 Å². The van der Waals surface area contributed by atoms with Crippen LogP contribution < -0.4 is 5.32 Å². The van der Waals surface area contributed by atoms with Crippen molar-refractivity contribution in [2.45, 2.75) is 90.3 Å². The summed E-state index contributed by atoms with van der Waals surface area (Å²) in [5.74, 6) is 0.625. The van der Waals surface area contributed by atoms with E-state index in [4.69, 9.17) is 0 Å². The van der Waals surface area contributed by atoms with Gasteiger partial charge in [-0.2, -0.15) is 0 Å². The SMILES string of the molecule is CCCCC(CCC)N1C(=O)C(C2CC2)NC(=O)C1CC. The molecule has 120 valence electrons. The minimum Gasteiger partial charge on any atom is -0.342 e. The number of piperazine rings is 1. The van der Waals surface area contributed by atoms with Gasteiger partial charge >= 0.3 is 0 Å². The summed E-state index contributed by atoms with van der Waals surface area (Å²) in [5, 5.41) is 2.98. The topological polar surface area (TPSA) is 49.4 Å². The number of amides is 2. The Labute approximate surface area is 128 Å². The highest BCUT2D eigenvalue weighted by atomic mass is 16.2. The lowest BCUT2D eigenvalue weighted by Crippen LogP contribution is -2.66. The van der Waals surface area contributed by atoms with E-state index in [2.05, 4.69) is 19.2 Å². The van der Waals surface area contributed by atoms with Crippen LogP contribution in [-0.2, 0) is 9.59 Å². The average molecular weight is 294 g/mol. The van der Waals surface area contributed by atoms with Crippen molar-refractivity contribution in [3.63, 3.8) is 0 Å². The molecule has 3 unspecified atom stereocenters. The first-order chi connectivity index (χ1) is 10.1. The molecule has 21 heavy (non-hydrogen) atoms. The van der Waals surface area contributed by atoms with E-state index in [-0.39, 0.29) is 29.9 Å². The normalized spacial score (nSPS) is 27.7. The standard InChI is InChI=1S/C17H30N2O2/c1-4-7-9-13(8-5-2)19-14(6-3)16(20)18-15(17(19)21)12-10-11-12/h12-15H,4-11H2,1-3H3,(H,18,20). The first-order valence-corrected chi connectivity index (χ1v) is 8.76. The van der Waals surface area contributed by atoms with Gasteiger partial charge in [0.1, 0.15) is 12.1 Å². The third-order valence-electron chi connectivity index (χ3n) is 4.84. The first-order valence-electron chi connectivity index (χ1n) is 8.76. The monoisotopic (exact) mass is 294 g/mol. The minimum atomic E-state index is -0.263. The molecule has 0 radical (unpaired) electrons. The van der Waals surface area contributed by atoms with E-state index in [1.54, 1.807) is 0 Å². The molecule has 2 aliphatic rings. The fourth-order valence-corrected chi connectivity index (χ4v) is 3.51. The van der Waals surface area contributed by atoms with Crippen LogP contribution in [0.25, 0.3) is 0 Å². The summed E-state index contributed by atoms with van der Waals surface area (Å²) in [4.78, 5) is 27.3. The minimum absolute atomic E-state index is 0.0617. The van der Waals surface area contributed by atoms with Gasteiger partial charge in [-0.25, -0.2) is 0 Å². The van der Waals surface area contributed by atoms with Crippen LogP contribution in [0.4, 0.5) is 0 Å². The summed E-state index contributed by atoms with van der Waals surface area (Å²) in [6.07, 6.45) is 8.22. The molecule has 1 saturated heterocycles. The first kappa shape index (κ1) is 16.3. The molecule has 1 aliphatic carbocycles. The summed E-state index contributed by atoms with van der Waals surface area (Å²) < 4.78 is 0. The van der Waals surface area contributed by atoms with Crippen LogP contribution in [0.1, 0.15) is 72.1 Å². The molecule has 2 rings (SSSR count). The lowest BCUT2D eigenvalue weighted by atomic mass is 9.95. The smallest absolute Gasteiger partial charge is 0.246 e. The Morgan fingerprint density at radius 3 is 2.38 bits per heavy atom. The van der Waals surface area contributed by atoms with E-state index in [0.717, 1.165) is 44.9 Å². The number of unbranched alkanes of at least 4 members (excludes halogenated alkanes) is 1. The Hall–Kier alpha value is -1.06. The maximum atomic E-state index is 12.9. The second-order valence-electron chi connectivity index (χ2n) is 6.58. The number of carbonyl (C=O) groups excluding carboxylic acids is 2. The molecule has 1 aliphatic heterocycles. The number of carbonyl (C=O) groups is 2. The van der Waals surface area contributed by atoms with Gasteiger partial charge in [0.15, 0.2) is 0 Å². The highest BCUT2D eigenvalue weighted by Crippen LogP contribution is 2.36. The van der Waals surface area contributed by atoms with Gasteiger partial charge < -0.3 is 10.2 Å². The van der Waals surface area contributed by atoms with Crippen LogP contribution in [0.2, 0.25) is 0 Å². The molecule has 2 amide bonds. The van der Waals surface area contributed by atoms with Crippen molar-refractivity contribution in [3.05, 3.63) is 0 Å². The lowest BCUT2D eigenvalue weighted by Gasteiger charge is -2.43. The van der Waals surface area contributed by atoms with Gasteiger partial charge in [-0.05, 0) is 38.0 Å². The summed E-state index contributed by atoms with van der Waals surface area (Å²) in [5.41, 5.74) is 0. The van der Waals surface area contributed by atoms with Crippen molar-refractivity contribution in [2.75, 3.05) is 0 Å². The van der Waals surface area contributed by atoms with Gasteiger partial charge in [-0.1, -0.05) is 40.0 Å². The highest BCUT2D eigenvalue weighted by Gasteiger charge is 2.47. The Morgan fingerprint density at radius 1 is 1.14 bits per heavy atom. The van der Waals surface area contributed by atoms with Crippen molar-refractivity contribution < 1.29 is 9.59 Å². The zero-order valence-electron chi connectivity index (χ0n) is 13.7. The Kier molecular flexibility index (Phi) is 5.65. The van der Waals surface area contributed by atoms with Crippen molar-refractivity contribution >= 4 is 11.8 Å². The molecule has 0 aromatic heterocycles. The Balaban J connectivity index is 2.19. The van der Waals surface area contributed by atoms with Crippen LogP contribution in [0.5, 0.6) is 0 Å². The average Bonchev–Trinajstić information content (AvgIpc) is 3.30. The van der Waals surface area contributed by atoms with Crippen molar-refractivity contribution in [2.24, 2.45) is 5.92 Å². The summed E-state index contributed by atoms with van der Waals surface area (Å²) >= 11 is 0. The number of rotatable bonds is 8. The van der Waals surface area contributed by atoms with E-state index in [0.29, 0.717) is 12.3 Å². The maximum absolute atomic E-state index is 12.9. The largest absolute Gasteiger partial charge is 0.342 e. The van der Waals surface area contributed by atoms with Crippen LogP contribution in [0, 0.1) is 5.92 Å². The molecule has 1 heterocycles. The van der Waals surface area contributed by atoms with E-state index in [1.807, 2.05) is 11.8 Å². The summed E-state index contributed by atoms with van der Waals surface area (Å²) in [7, 11) is 0.